The average Bonchev–Trinajstić information content (AvgIpc) is 3.10. The van der Waals surface area contributed by atoms with E-state index in [0.717, 1.165) is 25.2 Å². The van der Waals surface area contributed by atoms with Gasteiger partial charge in [-0.05, 0) is 38.9 Å². The molecule has 0 saturated carbocycles. The minimum Gasteiger partial charge on any atom is -0.468 e. The fraction of sp³-hybridized carbons (Fsp3) is 0.733. The van der Waals surface area contributed by atoms with E-state index < -0.39 is 6.10 Å². The van der Waals surface area contributed by atoms with Gasteiger partial charge in [-0.15, -0.1) is 0 Å². The number of ether oxygens (including phenoxy) is 2. The summed E-state index contributed by atoms with van der Waals surface area (Å²) in [6.07, 6.45) is 3.55. The summed E-state index contributed by atoms with van der Waals surface area (Å²) in [5, 5.41) is 10.0. The van der Waals surface area contributed by atoms with Crippen LogP contribution in [0.1, 0.15) is 31.6 Å². The summed E-state index contributed by atoms with van der Waals surface area (Å²) in [5.74, 6) is 0.903. The van der Waals surface area contributed by atoms with Crippen molar-refractivity contribution >= 4 is 0 Å². The fourth-order valence-corrected chi connectivity index (χ4v) is 2.40. The zero-order valence-corrected chi connectivity index (χ0v) is 12.3. The molecule has 0 aliphatic carbocycles. The summed E-state index contributed by atoms with van der Waals surface area (Å²) in [4.78, 5) is 2.05. The lowest BCUT2D eigenvalue weighted by molar-refractivity contribution is -0.0263. The van der Waals surface area contributed by atoms with Crippen molar-refractivity contribution < 1.29 is 19.0 Å². The minimum absolute atomic E-state index is 0.137. The summed E-state index contributed by atoms with van der Waals surface area (Å²) >= 11 is 0. The van der Waals surface area contributed by atoms with E-state index in [2.05, 4.69) is 11.8 Å². The Morgan fingerprint density at radius 3 is 3.05 bits per heavy atom. The molecule has 1 fully saturated rings. The number of rotatable bonds is 8. The number of aliphatic hydroxyl groups excluding tert-OH is 1. The maximum absolute atomic E-state index is 10.0. The molecule has 20 heavy (non-hydrogen) atoms. The van der Waals surface area contributed by atoms with E-state index in [1.54, 1.807) is 6.26 Å². The highest BCUT2D eigenvalue weighted by Crippen LogP contribution is 2.19. The van der Waals surface area contributed by atoms with Crippen LogP contribution in [-0.4, -0.2) is 55.6 Å². The van der Waals surface area contributed by atoms with Crippen LogP contribution in [0.5, 0.6) is 0 Å². The first-order valence-corrected chi connectivity index (χ1v) is 7.28. The highest BCUT2D eigenvalue weighted by atomic mass is 16.5. The summed E-state index contributed by atoms with van der Waals surface area (Å²) in [6.45, 7) is 4.36. The molecule has 1 N–H and O–H groups in total. The van der Waals surface area contributed by atoms with E-state index in [1.807, 2.05) is 19.2 Å². The third kappa shape index (κ3) is 4.59. The van der Waals surface area contributed by atoms with Gasteiger partial charge in [0.1, 0.15) is 5.76 Å². The molecule has 0 amide bonds. The molecular weight excluding hydrogens is 258 g/mol. The van der Waals surface area contributed by atoms with E-state index in [9.17, 15) is 5.11 Å². The molecule has 0 bridgehead atoms. The molecule has 1 aliphatic rings. The maximum Gasteiger partial charge on any atom is 0.120 e. The summed E-state index contributed by atoms with van der Waals surface area (Å²) in [5.41, 5.74) is 0. The van der Waals surface area contributed by atoms with Crippen LogP contribution in [-0.2, 0) is 9.47 Å². The van der Waals surface area contributed by atoms with Crippen molar-refractivity contribution in [2.24, 2.45) is 0 Å². The van der Waals surface area contributed by atoms with Gasteiger partial charge in [0.05, 0.1) is 37.7 Å². The Labute approximate surface area is 120 Å². The normalized spacial score (nSPS) is 22.3. The van der Waals surface area contributed by atoms with E-state index >= 15 is 0 Å². The monoisotopic (exact) mass is 283 g/mol. The molecule has 2 rings (SSSR count). The van der Waals surface area contributed by atoms with Gasteiger partial charge >= 0.3 is 0 Å². The molecule has 1 aromatic heterocycles. The fourth-order valence-electron chi connectivity index (χ4n) is 2.40. The van der Waals surface area contributed by atoms with Gasteiger partial charge in [0.15, 0.2) is 0 Å². The van der Waals surface area contributed by atoms with Crippen molar-refractivity contribution in [1.29, 1.82) is 0 Å². The van der Waals surface area contributed by atoms with Crippen LogP contribution in [0.3, 0.4) is 0 Å². The predicted molar refractivity (Wildman–Crippen MR) is 75.6 cm³/mol. The Bertz CT molecular complexity index is 362. The Hall–Kier alpha value is -0.880. The molecular formula is C15H25NO4. The highest BCUT2D eigenvalue weighted by molar-refractivity contribution is 5.03. The van der Waals surface area contributed by atoms with Gasteiger partial charge in [0.2, 0.25) is 0 Å². The van der Waals surface area contributed by atoms with Crippen molar-refractivity contribution in [3.8, 4) is 0 Å². The molecule has 114 valence electrons. The van der Waals surface area contributed by atoms with Crippen molar-refractivity contribution in [2.45, 2.75) is 38.0 Å². The van der Waals surface area contributed by atoms with Crippen LogP contribution in [0, 0.1) is 0 Å². The van der Waals surface area contributed by atoms with Gasteiger partial charge in [-0.3, -0.25) is 4.90 Å². The van der Waals surface area contributed by atoms with Gasteiger partial charge in [-0.25, -0.2) is 0 Å². The second kappa shape index (κ2) is 7.78. The molecule has 5 heteroatoms. The molecule has 0 aromatic carbocycles. The molecule has 0 radical (unpaired) electrons. The summed E-state index contributed by atoms with van der Waals surface area (Å²) in [6, 6.07) is 3.96. The smallest absolute Gasteiger partial charge is 0.120 e. The van der Waals surface area contributed by atoms with E-state index in [4.69, 9.17) is 13.9 Å². The molecule has 1 aromatic rings. The third-order valence-electron chi connectivity index (χ3n) is 3.75. The third-order valence-corrected chi connectivity index (χ3v) is 3.75. The number of furan rings is 1. The van der Waals surface area contributed by atoms with Crippen LogP contribution >= 0.6 is 0 Å². The zero-order valence-electron chi connectivity index (χ0n) is 12.3. The van der Waals surface area contributed by atoms with Crippen LogP contribution < -0.4 is 0 Å². The molecule has 1 aliphatic heterocycles. The van der Waals surface area contributed by atoms with Crippen molar-refractivity contribution in [3.05, 3.63) is 24.2 Å². The second-order valence-corrected chi connectivity index (χ2v) is 5.46. The topological polar surface area (TPSA) is 55.1 Å². The largest absolute Gasteiger partial charge is 0.468 e. The minimum atomic E-state index is -0.501. The first-order valence-electron chi connectivity index (χ1n) is 7.28. The van der Waals surface area contributed by atoms with Crippen LogP contribution in [0.15, 0.2) is 22.8 Å². The molecule has 3 atom stereocenters. The van der Waals surface area contributed by atoms with Crippen LogP contribution in [0.4, 0.5) is 0 Å². The lowest BCUT2D eigenvalue weighted by atomic mass is 10.2. The molecule has 3 unspecified atom stereocenters. The number of aliphatic hydroxyl groups is 1. The number of likely N-dealkylation sites (N-methyl/N-ethyl adjacent to an activating group) is 1. The molecule has 2 heterocycles. The van der Waals surface area contributed by atoms with Crippen LogP contribution in [0.25, 0.3) is 0 Å². The summed E-state index contributed by atoms with van der Waals surface area (Å²) < 4.78 is 16.4. The Kier molecular flexibility index (Phi) is 6.04. The SMILES string of the molecule is CC(c1ccco1)N(C)CC(O)COCC1CCCO1. The second-order valence-electron chi connectivity index (χ2n) is 5.46. The first kappa shape index (κ1) is 15.5. The van der Waals surface area contributed by atoms with E-state index in [1.165, 1.54) is 0 Å². The van der Waals surface area contributed by atoms with E-state index in [-0.39, 0.29) is 12.1 Å². The average molecular weight is 283 g/mol. The maximum atomic E-state index is 10.0. The highest BCUT2D eigenvalue weighted by Gasteiger charge is 2.19. The Balaban J connectivity index is 1.64. The van der Waals surface area contributed by atoms with E-state index in [0.29, 0.717) is 19.8 Å². The predicted octanol–water partition coefficient (Wildman–Crippen LogP) is 1.83. The van der Waals surface area contributed by atoms with Gasteiger partial charge in [-0.1, -0.05) is 0 Å². The van der Waals surface area contributed by atoms with Crippen molar-refractivity contribution in [3.63, 3.8) is 0 Å². The molecule has 0 spiro atoms. The Morgan fingerprint density at radius 1 is 1.55 bits per heavy atom. The van der Waals surface area contributed by atoms with Gasteiger partial charge < -0.3 is 19.0 Å². The van der Waals surface area contributed by atoms with Gasteiger partial charge in [0.25, 0.3) is 0 Å². The standard InChI is InChI=1S/C15H25NO4/c1-12(15-6-4-8-20-15)16(2)9-13(17)10-18-11-14-5-3-7-19-14/h4,6,8,12-14,17H,3,5,7,9-11H2,1-2H3. The lowest BCUT2D eigenvalue weighted by Gasteiger charge is -2.25. The van der Waals surface area contributed by atoms with Crippen molar-refractivity contribution in [1.82, 2.24) is 4.90 Å². The first-order chi connectivity index (χ1) is 9.66. The summed E-state index contributed by atoms with van der Waals surface area (Å²) in [7, 11) is 1.97. The quantitative estimate of drug-likeness (QED) is 0.789. The van der Waals surface area contributed by atoms with Gasteiger partial charge in [-0.2, -0.15) is 0 Å². The lowest BCUT2D eigenvalue weighted by Crippen LogP contribution is -2.34. The number of hydrogen-bond donors (Lipinski definition) is 1. The molecule has 5 nitrogen and oxygen atoms in total. The Morgan fingerprint density at radius 2 is 2.40 bits per heavy atom. The van der Waals surface area contributed by atoms with Gasteiger partial charge in [0, 0.05) is 13.2 Å². The zero-order chi connectivity index (χ0) is 14.4. The van der Waals surface area contributed by atoms with Crippen molar-refractivity contribution in [2.75, 3.05) is 33.4 Å². The molecule has 1 saturated heterocycles. The number of hydrogen-bond acceptors (Lipinski definition) is 5. The van der Waals surface area contributed by atoms with Crippen LogP contribution in [0.2, 0.25) is 0 Å². The number of nitrogens with zero attached hydrogens (tertiary/aromatic N) is 1.